The largest absolute Gasteiger partial charge is 0.481 e. The Morgan fingerprint density at radius 2 is 2.24 bits per heavy atom. The van der Waals surface area contributed by atoms with Gasteiger partial charge in [-0.25, -0.2) is 4.98 Å². The molecule has 0 amide bonds. The molecule has 0 fully saturated rings. The Labute approximate surface area is 102 Å². The van der Waals surface area contributed by atoms with Gasteiger partial charge in [0, 0.05) is 5.56 Å². The minimum Gasteiger partial charge on any atom is -0.481 e. The number of aromatic nitrogens is 2. The summed E-state index contributed by atoms with van der Waals surface area (Å²) in [6, 6.07) is 5.26. The first kappa shape index (κ1) is 11.4. The number of benzene rings is 1. The van der Waals surface area contributed by atoms with Gasteiger partial charge in [-0.3, -0.25) is 9.78 Å². The predicted octanol–water partition coefficient (Wildman–Crippen LogP) is 2.11. The number of halogens is 1. The maximum atomic E-state index is 10.3. The molecule has 0 saturated carbocycles. The SMILES string of the molecule is O=C(O)CC#Cc1ccc2ncc(Cl)nc2c1. The topological polar surface area (TPSA) is 63.1 Å². The van der Waals surface area contributed by atoms with Crippen LogP contribution < -0.4 is 0 Å². The molecule has 0 radical (unpaired) electrons. The number of fused-ring (bicyclic) bond motifs is 1. The van der Waals surface area contributed by atoms with Crippen molar-refractivity contribution in [3.63, 3.8) is 0 Å². The summed E-state index contributed by atoms with van der Waals surface area (Å²) in [4.78, 5) is 18.5. The van der Waals surface area contributed by atoms with E-state index in [1.165, 1.54) is 6.20 Å². The molecule has 1 aromatic carbocycles. The van der Waals surface area contributed by atoms with E-state index < -0.39 is 5.97 Å². The Kier molecular flexibility index (Phi) is 3.22. The standard InChI is InChI=1S/C12H7ClN2O2/c13-11-7-14-9-5-4-8(6-10(9)15-11)2-1-3-12(16)17/h4-7H,3H2,(H,16,17). The average Bonchev–Trinajstić information content (AvgIpc) is 2.28. The van der Waals surface area contributed by atoms with Crippen molar-refractivity contribution in [2.24, 2.45) is 0 Å². The zero-order valence-electron chi connectivity index (χ0n) is 8.64. The predicted molar refractivity (Wildman–Crippen MR) is 63.7 cm³/mol. The van der Waals surface area contributed by atoms with Gasteiger partial charge >= 0.3 is 5.97 Å². The first-order valence-corrected chi connectivity index (χ1v) is 5.16. The van der Waals surface area contributed by atoms with Gasteiger partial charge in [0.1, 0.15) is 11.6 Å². The zero-order chi connectivity index (χ0) is 12.3. The molecule has 17 heavy (non-hydrogen) atoms. The molecule has 0 unspecified atom stereocenters. The fourth-order valence-corrected chi connectivity index (χ4v) is 1.43. The van der Waals surface area contributed by atoms with Crippen molar-refractivity contribution in [3.8, 4) is 11.8 Å². The van der Waals surface area contributed by atoms with E-state index in [2.05, 4.69) is 21.8 Å². The molecule has 1 aromatic heterocycles. The molecule has 2 rings (SSSR count). The lowest BCUT2D eigenvalue weighted by molar-refractivity contribution is -0.135. The van der Waals surface area contributed by atoms with Crippen LogP contribution in [-0.4, -0.2) is 21.0 Å². The van der Waals surface area contributed by atoms with E-state index in [1.807, 2.05) is 0 Å². The number of hydrogen-bond donors (Lipinski definition) is 1. The van der Waals surface area contributed by atoms with Crippen molar-refractivity contribution >= 4 is 28.6 Å². The third-order valence-corrected chi connectivity index (χ3v) is 2.17. The number of rotatable bonds is 1. The summed E-state index contributed by atoms with van der Waals surface area (Å²) in [5, 5.41) is 8.77. The van der Waals surface area contributed by atoms with E-state index in [-0.39, 0.29) is 6.42 Å². The highest BCUT2D eigenvalue weighted by Gasteiger charge is 1.98. The number of carboxylic acids is 1. The second kappa shape index (κ2) is 4.81. The van der Waals surface area contributed by atoms with Crippen LogP contribution in [0.3, 0.4) is 0 Å². The third-order valence-electron chi connectivity index (χ3n) is 1.99. The molecule has 0 aliphatic rings. The van der Waals surface area contributed by atoms with Crippen molar-refractivity contribution in [2.45, 2.75) is 6.42 Å². The van der Waals surface area contributed by atoms with Crippen LogP contribution in [0.25, 0.3) is 11.0 Å². The van der Waals surface area contributed by atoms with Gasteiger partial charge in [0.15, 0.2) is 0 Å². The van der Waals surface area contributed by atoms with Crippen LogP contribution in [0.5, 0.6) is 0 Å². The Bertz CT molecular complexity index is 644. The van der Waals surface area contributed by atoms with Crippen LogP contribution in [0.2, 0.25) is 5.15 Å². The van der Waals surface area contributed by atoms with Crippen molar-refractivity contribution in [1.29, 1.82) is 0 Å². The molecule has 0 atom stereocenters. The van der Waals surface area contributed by atoms with Gasteiger partial charge < -0.3 is 5.11 Å². The summed E-state index contributed by atoms with van der Waals surface area (Å²) in [5.41, 5.74) is 2.05. The smallest absolute Gasteiger partial charge is 0.315 e. The second-order valence-corrected chi connectivity index (χ2v) is 3.66. The van der Waals surface area contributed by atoms with Crippen LogP contribution in [0.4, 0.5) is 0 Å². The molecule has 1 N–H and O–H groups in total. The Balaban J connectivity index is 2.36. The lowest BCUT2D eigenvalue weighted by atomic mass is 10.2. The molecule has 84 valence electrons. The first-order chi connectivity index (χ1) is 8.15. The molecule has 0 spiro atoms. The van der Waals surface area contributed by atoms with E-state index in [4.69, 9.17) is 16.7 Å². The zero-order valence-corrected chi connectivity index (χ0v) is 9.40. The molecule has 5 heteroatoms. The summed E-state index contributed by atoms with van der Waals surface area (Å²) < 4.78 is 0. The number of carbonyl (C=O) groups is 1. The normalized spacial score (nSPS) is 9.71. The van der Waals surface area contributed by atoms with Gasteiger partial charge in [-0.05, 0) is 18.2 Å². The number of nitrogens with zero attached hydrogens (tertiary/aromatic N) is 2. The first-order valence-electron chi connectivity index (χ1n) is 4.78. The average molecular weight is 247 g/mol. The van der Waals surface area contributed by atoms with Crippen molar-refractivity contribution in [3.05, 3.63) is 35.1 Å². The minimum atomic E-state index is -0.943. The van der Waals surface area contributed by atoms with Gasteiger partial charge in [0.05, 0.1) is 17.2 Å². The van der Waals surface area contributed by atoms with Crippen LogP contribution in [0.1, 0.15) is 12.0 Å². The highest BCUT2D eigenvalue weighted by Crippen LogP contribution is 2.13. The summed E-state index contributed by atoms with van der Waals surface area (Å²) >= 11 is 5.73. The van der Waals surface area contributed by atoms with Crippen LogP contribution in [0.15, 0.2) is 24.4 Å². The van der Waals surface area contributed by atoms with Gasteiger partial charge in [-0.15, -0.1) is 0 Å². The second-order valence-electron chi connectivity index (χ2n) is 3.27. The molecular weight excluding hydrogens is 240 g/mol. The molecular formula is C12H7ClN2O2. The highest BCUT2D eigenvalue weighted by molar-refractivity contribution is 6.29. The monoisotopic (exact) mass is 246 g/mol. The van der Waals surface area contributed by atoms with E-state index >= 15 is 0 Å². The van der Waals surface area contributed by atoms with Gasteiger partial charge in [-0.2, -0.15) is 0 Å². The number of hydrogen-bond acceptors (Lipinski definition) is 3. The lowest BCUT2D eigenvalue weighted by Crippen LogP contribution is -1.90. The van der Waals surface area contributed by atoms with E-state index in [1.54, 1.807) is 18.2 Å². The van der Waals surface area contributed by atoms with Crippen molar-refractivity contribution in [1.82, 2.24) is 9.97 Å². The van der Waals surface area contributed by atoms with E-state index in [0.717, 1.165) is 5.52 Å². The van der Waals surface area contributed by atoms with E-state index in [0.29, 0.717) is 16.2 Å². The quantitative estimate of drug-likeness (QED) is 0.783. The molecule has 4 nitrogen and oxygen atoms in total. The maximum Gasteiger partial charge on any atom is 0.315 e. The highest BCUT2D eigenvalue weighted by atomic mass is 35.5. The summed E-state index contributed by atoms with van der Waals surface area (Å²) in [5.74, 6) is 4.35. The summed E-state index contributed by atoms with van der Waals surface area (Å²) in [6.07, 6.45) is 1.29. The van der Waals surface area contributed by atoms with E-state index in [9.17, 15) is 4.79 Å². The Morgan fingerprint density at radius 1 is 1.41 bits per heavy atom. The number of carboxylic acid groups (broad SMARTS) is 1. The van der Waals surface area contributed by atoms with Crippen LogP contribution in [0, 0.1) is 11.8 Å². The fourth-order valence-electron chi connectivity index (χ4n) is 1.29. The summed E-state index contributed by atoms with van der Waals surface area (Å²) in [6.45, 7) is 0. The van der Waals surface area contributed by atoms with Gasteiger partial charge in [0.25, 0.3) is 0 Å². The molecule has 0 saturated heterocycles. The lowest BCUT2D eigenvalue weighted by Gasteiger charge is -1.97. The van der Waals surface area contributed by atoms with Crippen molar-refractivity contribution in [2.75, 3.05) is 0 Å². The molecule has 2 aromatic rings. The number of aliphatic carboxylic acids is 1. The fraction of sp³-hybridized carbons (Fsp3) is 0.0833. The molecule has 0 aliphatic heterocycles. The van der Waals surface area contributed by atoms with Gasteiger partial charge in [-0.1, -0.05) is 23.4 Å². The molecule has 1 heterocycles. The Morgan fingerprint density at radius 3 is 3.00 bits per heavy atom. The van der Waals surface area contributed by atoms with Crippen molar-refractivity contribution < 1.29 is 9.90 Å². The van der Waals surface area contributed by atoms with Crippen LogP contribution in [-0.2, 0) is 4.79 Å². The third kappa shape index (κ3) is 2.92. The molecule has 0 bridgehead atoms. The molecule has 0 aliphatic carbocycles. The van der Waals surface area contributed by atoms with Crippen LogP contribution >= 0.6 is 11.6 Å². The Hall–Kier alpha value is -2.12. The van der Waals surface area contributed by atoms with Gasteiger partial charge in [0.2, 0.25) is 0 Å². The maximum absolute atomic E-state index is 10.3. The summed E-state index contributed by atoms with van der Waals surface area (Å²) in [7, 11) is 0. The minimum absolute atomic E-state index is 0.181.